The number of alkyl carbamates (subject to hydrolysis) is 1. The quantitative estimate of drug-likeness (QED) is 0.231. The molecule has 1 amide bonds. The van der Waals surface area contributed by atoms with Crippen LogP contribution in [0.1, 0.15) is 68.7 Å². The van der Waals surface area contributed by atoms with Crippen molar-refractivity contribution < 1.29 is 29.0 Å². The van der Waals surface area contributed by atoms with E-state index in [0.29, 0.717) is 19.4 Å². The number of phenolic OH excluding ortho intramolecular Hbond substituents is 1. The van der Waals surface area contributed by atoms with Gasteiger partial charge in [-0.15, -0.1) is 0 Å². The van der Waals surface area contributed by atoms with Crippen LogP contribution in [0.4, 0.5) is 4.79 Å². The summed E-state index contributed by atoms with van der Waals surface area (Å²) in [6.07, 6.45) is 6.47. The minimum absolute atomic E-state index is 0.0762. The second-order valence-electron chi connectivity index (χ2n) is 11.7. The number of hydrogen-bond acceptors (Lipinski definition) is 7. The van der Waals surface area contributed by atoms with Crippen molar-refractivity contribution in [2.45, 2.75) is 91.5 Å². The molecule has 1 heterocycles. The summed E-state index contributed by atoms with van der Waals surface area (Å²) >= 11 is 0. The van der Waals surface area contributed by atoms with Crippen LogP contribution in [0.2, 0.25) is 0 Å². The van der Waals surface area contributed by atoms with Gasteiger partial charge in [-0.2, -0.15) is 0 Å². The number of rotatable bonds is 14. The van der Waals surface area contributed by atoms with Gasteiger partial charge < -0.3 is 24.5 Å². The second kappa shape index (κ2) is 15.2. The molecule has 2 aromatic carbocycles. The summed E-state index contributed by atoms with van der Waals surface area (Å²) in [6, 6.07) is 11.9. The lowest BCUT2D eigenvalue weighted by Gasteiger charge is -2.24. The number of esters is 1. The van der Waals surface area contributed by atoms with Crippen LogP contribution in [0, 0.1) is 19.8 Å². The van der Waals surface area contributed by atoms with Crippen molar-refractivity contribution in [1.82, 2.24) is 14.9 Å². The summed E-state index contributed by atoms with van der Waals surface area (Å²) < 4.78 is 13.0. The topological polar surface area (TPSA) is 120 Å². The van der Waals surface area contributed by atoms with Crippen molar-refractivity contribution in [1.29, 1.82) is 0 Å². The number of nitrogens with one attached hydrogen (secondary N) is 1. The van der Waals surface area contributed by atoms with E-state index in [1.54, 1.807) is 45.4 Å². The number of carbonyl (C=O) groups is 3. The monoisotopic (exact) mass is 577 g/mol. The molecule has 0 bridgehead atoms. The average Bonchev–Trinajstić information content (AvgIpc) is 3.43. The van der Waals surface area contributed by atoms with E-state index in [-0.39, 0.29) is 43.4 Å². The van der Waals surface area contributed by atoms with Crippen LogP contribution in [0.25, 0.3) is 0 Å². The second-order valence-corrected chi connectivity index (χ2v) is 11.7. The number of aromatic nitrogens is 2. The predicted octanol–water partition coefficient (Wildman–Crippen LogP) is 5.83. The van der Waals surface area contributed by atoms with E-state index in [4.69, 9.17) is 9.47 Å². The summed E-state index contributed by atoms with van der Waals surface area (Å²) in [5, 5.41) is 12.7. The molecule has 3 aromatic rings. The lowest BCUT2D eigenvalue weighted by molar-refractivity contribution is -0.150. The highest BCUT2D eigenvalue weighted by Crippen LogP contribution is 2.24. The number of phenols is 1. The Kier molecular flexibility index (Phi) is 11.7. The number of Topliss-reactive ketones (excluding diaryl/α,β-unsaturated/α-hetero) is 1. The van der Waals surface area contributed by atoms with E-state index in [1.807, 2.05) is 54.9 Å². The number of carbonyl (C=O) groups excluding carboxylic acids is 3. The van der Waals surface area contributed by atoms with Crippen LogP contribution in [0.3, 0.4) is 0 Å². The van der Waals surface area contributed by atoms with Gasteiger partial charge in [0.1, 0.15) is 18.0 Å². The van der Waals surface area contributed by atoms with E-state index >= 15 is 0 Å². The van der Waals surface area contributed by atoms with E-state index in [2.05, 4.69) is 10.3 Å². The molecule has 1 aromatic heterocycles. The number of amides is 1. The maximum Gasteiger partial charge on any atom is 0.408 e. The maximum atomic E-state index is 13.6. The molecule has 0 saturated heterocycles. The zero-order valence-corrected chi connectivity index (χ0v) is 25.3. The maximum absolute atomic E-state index is 13.6. The van der Waals surface area contributed by atoms with Gasteiger partial charge in [-0.25, -0.2) is 9.78 Å². The number of aryl methyl sites for hydroxylation is 3. The first-order valence-electron chi connectivity index (χ1n) is 14.4. The minimum Gasteiger partial charge on any atom is -0.508 e. The molecule has 0 fully saturated rings. The fraction of sp³-hybridized carbons (Fsp3) is 0.455. The highest BCUT2D eigenvalue weighted by molar-refractivity contribution is 5.88. The number of hydrogen-bond donors (Lipinski definition) is 2. The molecule has 1 unspecified atom stereocenters. The molecule has 3 rings (SSSR count). The Labute approximate surface area is 248 Å². The van der Waals surface area contributed by atoms with Gasteiger partial charge in [0.25, 0.3) is 0 Å². The molecule has 0 aliphatic carbocycles. The van der Waals surface area contributed by atoms with Gasteiger partial charge in [0, 0.05) is 31.8 Å². The van der Waals surface area contributed by atoms with Crippen LogP contribution in [-0.2, 0) is 38.6 Å². The number of aromatic hydroxyl groups is 1. The van der Waals surface area contributed by atoms with E-state index in [1.165, 1.54) is 0 Å². The number of ketones is 1. The summed E-state index contributed by atoms with van der Waals surface area (Å²) in [5.41, 5.74) is 2.66. The SMILES string of the molecule is Cc1cc(O)cc(C)c1CC(NC(=O)OC(C)(C)C)C(=O)CC[C@H](CCCn1ccnc1)C(=O)OCc1ccccc1. The number of benzene rings is 2. The van der Waals surface area contributed by atoms with Crippen molar-refractivity contribution in [3.05, 3.63) is 83.4 Å². The zero-order chi connectivity index (χ0) is 30.7. The highest BCUT2D eigenvalue weighted by Gasteiger charge is 2.28. The van der Waals surface area contributed by atoms with Crippen molar-refractivity contribution in [2.75, 3.05) is 0 Å². The Hall–Kier alpha value is -4.14. The predicted molar refractivity (Wildman–Crippen MR) is 160 cm³/mol. The Morgan fingerprint density at radius 2 is 1.74 bits per heavy atom. The average molecular weight is 578 g/mol. The van der Waals surface area contributed by atoms with Gasteiger partial charge in [-0.3, -0.25) is 9.59 Å². The highest BCUT2D eigenvalue weighted by atomic mass is 16.6. The fourth-order valence-electron chi connectivity index (χ4n) is 4.85. The molecule has 0 radical (unpaired) electrons. The fourth-order valence-corrected chi connectivity index (χ4v) is 4.85. The molecule has 0 aliphatic heterocycles. The summed E-state index contributed by atoms with van der Waals surface area (Å²) in [6.45, 7) is 9.84. The molecule has 0 spiro atoms. The zero-order valence-electron chi connectivity index (χ0n) is 25.3. The lowest BCUT2D eigenvalue weighted by atomic mass is 9.90. The van der Waals surface area contributed by atoms with Gasteiger partial charge in [0.15, 0.2) is 5.78 Å². The molecule has 9 heteroatoms. The molecule has 2 atom stereocenters. The van der Waals surface area contributed by atoms with Gasteiger partial charge in [0.2, 0.25) is 0 Å². The first-order chi connectivity index (χ1) is 19.9. The molecule has 226 valence electrons. The molecule has 42 heavy (non-hydrogen) atoms. The van der Waals surface area contributed by atoms with Crippen LogP contribution in [0.15, 0.2) is 61.2 Å². The van der Waals surface area contributed by atoms with Crippen molar-refractivity contribution in [3.63, 3.8) is 0 Å². The largest absolute Gasteiger partial charge is 0.508 e. The van der Waals surface area contributed by atoms with Crippen molar-refractivity contribution >= 4 is 17.8 Å². The molecule has 9 nitrogen and oxygen atoms in total. The van der Waals surface area contributed by atoms with E-state index < -0.39 is 23.7 Å². The Balaban J connectivity index is 1.72. The van der Waals surface area contributed by atoms with Crippen molar-refractivity contribution in [3.8, 4) is 5.75 Å². The molecular formula is C33H43N3O6. The third-order valence-electron chi connectivity index (χ3n) is 6.99. The molecule has 0 saturated carbocycles. The molecule has 2 N–H and O–H groups in total. The summed E-state index contributed by atoms with van der Waals surface area (Å²) in [7, 11) is 0. The third kappa shape index (κ3) is 10.7. The van der Waals surface area contributed by atoms with Crippen LogP contribution in [-0.4, -0.2) is 44.1 Å². The number of nitrogens with zero attached hydrogens (tertiary/aromatic N) is 2. The van der Waals surface area contributed by atoms with Crippen LogP contribution >= 0.6 is 0 Å². The minimum atomic E-state index is -0.867. The Bertz CT molecular complexity index is 1290. The van der Waals surface area contributed by atoms with Gasteiger partial charge in [-0.1, -0.05) is 30.3 Å². The van der Waals surface area contributed by atoms with Crippen molar-refractivity contribution in [2.24, 2.45) is 5.92 Å². The first-order valence-corrected chi connectivity index (χ1v) is 14.4. The van der Waals surface area contributed by atoms with Crippen LogP contribution in [0.5, 0.6) is 5.75 Å². The summed E-state index contributed by atoms with van der Waals surface area (Å²) in [5.74, 6) is -0.896. The smallest absolute Gasteiger partial charge is 0.408 e. The normalized spacial score (nSPS) is 12.8. The van der Waals surface area contributed by atoms with Gasteiger partial charge >= 0.3 is 12.1 Å². The van der Waals surface area contributed by atoms with Gasteiger partial charge in [0.05, 0.1) is 18.3 Å². The first kappa shape index (κ1) is 32.4. The molecular weight excluding hydrogens is 534 g/mol. The Morgan fingerprint density at radius 1 is 1.05 bits per heavy atom. The molecule has 0 aliphatic rings. The van der Waals surface area contributed by atoms with E-state index in [0.717, 1.165) is 22.3 Å². The van der Waals surface area contributed by atoms with Gasteiger partial charge in [-0.05, 0) is 88.3 Å². The Morgan fingerprint density at radius 3 is 2.36 bits per heavy atom. The number of imidazole rings is 1. The number of ether oxygens (including phenoxy) is 2. The summed E-state index contributed by atoms with van der Waals surface area (Å²) in [4.78, 5) is 43.6. The third-order valence-corrected chi connectivity index (χ3v) is 6.99. The van der Waals surface area contributed by atoms with Crippen LogP contribution < -0.4 is 5.32 Å². The lowest BCUT2D eigenvalue weighted by Crippen LogP contribution is -2.45. The standard InChI is InChI=1S/C33H43N3O6/c1-23-18-27(37)19-24(2)28(23)20-29(35-32(40)42-33(3,4)5)30(38)14-13-26(12-9-16-36-17-15-34-22-36)31(39)41-21-25-10-7-6-8-11-25/h6-8,10-11,15,17-19,22,26,29,37H,9,12-14,16,20-21H2,1-5H3,(H,35,40)/t26-,29?/m0/s1. The van der Waals surface area contributed by atoms with E-state index in [9.17, 15) is 19.5 Å².